The van der Waals surface area contributed by atoms with Crippen LogP contribution in [0.15, 0.2) is 23.8 Å². The molecule has 0 saturated carbocycles. The molecule has 0 unspecified atom stereocenters. The quantitative estimate of drug-likeness (QED) is 0.792. The van der Waals surface area contributed by atoms with Crippen LogP contribution in [0.2, 0.25) is 0 Å². The Morgan fingerprint density at radius 2 is 2.14 bits per heavy atom. The van der Waals surface area contributed by atoms with Crippen LogP contribution in [0.5, 0.6) is 0 Å². The van der Waals surface area contributed by atoms with E-state index in [9.17, 15) is 4.79 Å². The summed E-state index contributed by atoms with van der Waals surface area (Å²) in [7, 11) is 0. The first-order valence-corrected chi connectivity index (χ1v) is 7.95. The van der Waals surface area contributed by atoms with E-state index in [1.54, 1.807) is 17.5 Å². The van der Waals surface area contributed by atoms with E-state index in [0.717, 1.165) is 28.2 Å². The van der Waals surface area contributed by atoms with Gasteiger partial charge in [-0.2, -0.15) is 0 Å². The molecule has 2 aromatic rings. The molecular weight excluding hydrogens is 284 g/mol. The van der Waals surface area contributed by atoms with Gasteiger partial charge < -0.3 is 4.74 Å². The lowest BCUT2D eigenvalue weighted by Gasteiger charge is -2.19. The number of esters is 1. The minimum atomic E-state index is -0.732. The molecule has 4 nitrogen and oxygen atoms in total. The predicted octanol–water partition coefficient (Wildman–Crippen LogP) is 3.61. The topological polar surface area (TPSA) is 52.1 Å². The normalized spacial score (nSPS) is 11.4. The largest absolute Gasteiger partial charge is 0.465 e. The lowest BCUT2D eigenvalue weighted by Crippen LogP contribution is -2.31. The first-order chi connectivity index (χ1) is 10.0. The first-order valence-electron chi connectivity index (χ1n) is 7.07. The molecule has 0 aromatic carbocycles. The van der Waals surface area contributed by atoms with Crippen LogP contribution < -0.4 is 0 Å². The van der Waals surface area contributed by atoms with Crippen LogP contribution >= 0.6 is 11.3 Å². The number of carbonyl (C=O) groups excluding carboxylic acids is 1. The Labute approximate surface area is 129 Å². The number of aryl methyl sites for hydroxylation is 1. The summed E-state index contributed by atoms with van der Waals surface area (Å²) < 4.78 is 5.14. The molecule has 0 spiro atoms. The summed E-state index contributed by atoms with van der Waals surface area (Å²) in [4.78, 5) is 20.9. The van der Waals surface area contributed by atoms with Crippen LogP contribution in [0.25, 0.3) is 10.6 Å². The Balaban J connectivity index is 2.36. The van der Waals surface area contributed by atoms with Gasteiger partial charge in [0.15, 0.2) is 0 Å². The van der Waals surface area contributed by atoms with Crippen LogP contribution in [-0.4, -0.2) is 22.5 Å². The van der Waals surface area contributed by atoms with Crippen molar-refractivity contribution in [3.63, 3.8) is 0 Å². The highest BCUT2D eigenvalue weighted by Crippen LogP contribution is 2.32. The van der Waals surface area contributed by atoms with Crippen LogP contribution in [0, 0.1) is 0 Å². The van der Waals surface area contributed by atoms with Crippen LogP contribution in [0.4, 0.5) is 0 Å². The molecule has 0 saturated heterocycles. The average molecular weight is 304 g/mol. The summed E-state index contributed by atoms with van der Waals surface area (Å²) >= 11 is 1.55. The molecule has 2 heterocycles. The molecule has 0 bridgehead atoms. The maximum atomic E-state index is 12.1. The first kappa shape index (κ1) is 15.6. The number of thiazole rings is 1. The van der Waals surface area contributed by atoms with Crippen LogP contribution in [-0.2, 0) is 21.4 Å². The minimum Gasteiger partial charge on any atom is -0.465 e. The van der Waals surface area contributed by atoms with Gasteiger partial charge in [0.25, 0.3) is 0 Å². The predicted molar refractivity (Wildman–Crippen MR) is 84.4 cm³/mol. The van der Waals surface area contributed by atoms with Gasteiger partial charge in [-0.3, -0.25) is 9.78 Å². The summed E-state index contributed by atoms with van der Waals surface area (Å²) in [6, 6.07) is 1.97. The Morgan fingerprint density at radius 1 is 1.38 bits per heavy atom. The monoisotopic (exact) mass is 304 g/mol. The van der Waals surface area contributed by atoms with E-state index in [2.05, 4.69) is 16.9 Å². The molecule has 0 radical (unpaired) electrons. The van der Waals surface area contributed by atoms with Gasteiger partial charge in [0, 0.05) is 23.3 Å². The van der Waals surface area contributed by atoms with Gasteiger partial charge in [0.1, 0.15) is 10.4 Å². The molecule has 0 aliphatic heterocycles. The Kier molecular flexibility index (Phi) is 4.73. The Bertz CT molecular complexity index is 635. The fourth-order valence-corrected chi connectivity index (χ4v) is 3.07. The van der Waals surface area contributed by atoms with Gasteiger partial charge in [-0.15, -0.1) is 11.3 Å². The Hall–Kier alpha value is -1.75. The maximum Gasteiger partial charge on any atom is 0.317 e. The maximum absolute atomic E-state index is 12.1. The van der Waals surface area contributed by atoms with Gasteiger partial charge in [0.2, 0.25) is 0 Å². The molecule has 112 valence electrons. The highest BCUT2D eigenvalue weighted by Gasteiger charge is 2.34. The molecule has 2 rings (SSSR count). The molecule has 0 atom stereocenters. The number of pyridine rings is 1. The fraction of sp³-hybridized carbons (Fsp3) is 0.438. The standard InChI is InChI=1S/C16H20N2O2S/c1-5-11-9-17-8-7-12(11)14-18-13(10-21-14)16(3,4)15(19)20-6-2/h7-10H,5-6H2,1-4H3. The lowest BCUT2D eigenvalue weighted by atomic mass is 9.90. The summed E-state index contributed by atoms with van der Waals surface area (Å²) in [5.74, 6) is -0.243. The number of carbonyl (C=O) groups is 1. The zero-order valence-electron chi connectivity index (χ0n) is 12.8. The molecule has 0 amide bonds. The van der Waals surface area contributed by atoms with Gasteiger partial charge in [-0.1, -0.05) is 6.92 Å². The zero-order chi connectivity index (χ0) is 15.5. The van der Waals surface area contributed by atoms with E-state index in [1.165, 1.54) is 0 Å². The van der Waals surface area contributed by atoms with Crippen molar-refractivity contribution in [3.8, 4) is 10.6 Å². The van der Waals surface area contributed by atoms with Crippen LogP contribution in [0.3, 0.4) is 0 Å². The Morgan fingerprint density at radius 3 is 2.81 bits per heavy atom. The number of nitrogens with zero attached hydrogens (tertiary/aromatic N) is 2. The van der Waals surface area contributed by atoms with Crippen molar-refractivity contribution >= 4 is 17.3 Å². The number of hydrogen-bond donors (Lipinski definition) is 0. The second kappa shape index (κ2) is 6.35. The molecule has 5 heteroatoms. The van der Waals surface area contributed by atoms with Gasteiger partial charge in [-0.05, 0) is 38.8 Å². The zero-order valence-corrected chi connectivity index (χ0v) is 13.7. The summed E-state index contributed by atoms with van der Waals surface area (Å²) in [5.41, 5.74) is 2.26. The third-order valence-corrected chi connectivity index (χ3v) is 4.32. The van der Waals surface area contributed by atoms with Crippen molar-refractivity contribution in [2.75, 3.05) is 6.61 Å². The van der Waals surface area contributed by atoms with Crippen molar-refractivity contribution in [2.24, 2.45) is 0 Å². The summed E-state index contributed by atoms with van der Waals surface area (Å²) in [6.07, 6.45) is 4.54. The summed E-state index contributed by atoms with van der Waals surface area (Å²) in [6.45, 7) is 7.97. The summed E-state index contributed by atoms with van der Waals surface area (Å²) in [5, 5.41) is 2.85. The average Bonchev–Trinajstić information content (AvgIpc) is 2.97. The second-order valence-corrected chi connectivity index (χ2v) is 6.13. The van der Waals surface area contributed by atoms with Gasteiger partial charge in [0.05, 0.1) is 12.3 Å². The fourth-order valence-electron chi connectivity index (χ4n) is 2.02. The van der Waals surface area contributed by atoms with Crippen LogP contribution in [0.1, 0.15) is 39.0 Å². The lowest BCUT2D eigenvalue weighted by molar-refractivity contribution is -0.148. The molecular formula is C16H20N2O2S. The van der Waals surface area contributed by atoms with Crippen molar-refractivity contribution in [3.05, 3.63) is 35.1 Å². The number of rotatable bonds is 5. The van der Waals surface area contributed by atoms with Gasteiger partial charge in [-0.25, -0.2) is 4.98 Å². The van der Waals surface area contributed by atoms with E-state index in [4.69, 9.17) is 4.74 Å². The molecule has 0 N–H and O–H groups in total. The molecule has 0 aliphatic rings. The molecule has 0 fully saturated rings. The van der Waals surface area contributed by atoms with E-state index in [0.29, 0.717) is 6.61 Å². The second-order valence-electron chi connectivity index (χ2n) is 5.27. The number of ether oxygens (including phenoxy) is 1. The highest BCUT2D eigenvalue weighted by molar-refractivity contribution is 7.13. The molecule has 21 heavy (non-hydrogen) atoms. The van der Waals surface area contributed by atoms with E-state index in [-0.39, 0.29) is 5.97 Å². The third kappa shape index (κ3) is 3.13. The number of aromatic nitrogens is 2. The van der Waals surface area contributed by atoms with Crippen molar-refractivity contribution in [1.82, 2.24) is 9.97 Å². The molecule has 2 aromatic heterocycles. The van der Waals surface area contributed by atoms with E-state index >= 15 is 0 Å². The van der Waals surface area contributed by atoms with Crippen molar-refractivity contribution < 1.29 is 9.53 Å². The number of hydrogen-bond acceptors (Lipinski definition) is 5. The van der Waals surface area contributed by atoms with E-state index in [1.807, 2.05) is 38.4 Å². The molecule has 0 aliphatic carbocycles. The van der Waals surface area contributed by atoms with Crippen molar-refractivity contribution in [1.29, 1.82) is 0 Å². The van der Waals surface area contributed by atoms with Crippen molar-refractivity contribution in [2.45, 2.75) is 39.5 Å². The highest BCUT2D eigenvalue weighted by atomic mass is 32.1. The van der Waals surface area contributed by atoms with E-state index < -0.39 is 5.41 Å². The smallest absolute Gasteiger partial charge is 0.317 e. The SMILES string of the molecule is CCOC(=O)C(C)(C)c1csc(-c2ccncc2CC)n1. The van der Waals surface area contributed by atoms with Gasteiger partial charge >= 0.3 is 5.97 Å². The third-order valence-electron chi connectivity index (χ3n) is 3.45. The minimum absolute atomic E-state index is 0.243.